The average molecular weight is 249 g/mol. The summed E-state index contributed by atoms with van der Waals surface area (Å²) in [5, 5.41) is 13.0. The lowest BCUT2D eigenvalue weighted by molar-refractivity contribution is 0.0652. The van der Waals surface area contributed by atoms with Gasteiger partial charge < -0.3 is 15.3 Å². The average Bonchev–Trinajstić information content (AvgIpc) is 2.41. The smallest absolute Gasteiger partial charge is 0.276 e. The number of nitrogens with one attached hydrogen (secondary N) is 1. The lowest BCUT2D eigenvalue weighted by Gasteiger charge is -2.33. The summed E-state index contributed by atoms with van der Waals surface area (Å²) < 4.78 is 0. The molecule has 2 heterocycles. The molecule has 2 rings (SSSR count). The Bertz CT molecular complexity index is 416. The van der Waals surface area contributed by atoms with Gasteiger partial charge in [0.15, 0.2) is 5.69 Å². The van der Waals surface area contributed by atoms with Gasteiger partial charge in [0, 0.05) is 25.3 Å². The van der Waals surface area contributed by atoms with E-state index >= 15 is 0 Å². The van der Waals surface area contributed by atoms with Crippen molar-refractivity contribution in [3.8, 4) is 5.75 Å². The Morgan fingerprint density at radius 3 is 3.11 bits per heavy atom. The quantitative estimate of drug-likeness (QED) is 0.839. The minimum atomic E-state index is -0.190. The number of nitrogens with zero attached hydrogens (tertiary/aromatic N) is 2. The van der Waals surface area contributed by atoms with Crippen LogP contribution in [0.2, 0.25) is 0 Å². The Labute approximate surface area is 107 Å². The van der Waals surface area contributed by atoms with E-state index in [4.69, 9.17) is 0 Å². The zero-order valence-electron chi connectivity index (χ0n) is 10.6. The largest absolute Gasteiger partial charge is 0.505 e. The summed E-state index contributed by atoms with van der Waals surface area (Å²) >= 11 is 0. The van der Waals surface area contributed by atoms with E-state index in [1.807, 2.05) is 6.92 Å². The maximum atomic E-state index is 12.4. The molecule has 1 aromatic rings. The number of carbonyl (C=O) groups excluding carboxylic acids is 1. The van der Waals surface area contributed by atoms with Crippen LogP contribution < -0.4 is 5.32 Å². The van der Waals surface area contributed by atoms with Gasteiger partial charge in [-0.25, -0.2) is 4.98 Å². The fraction of sp³-hybridized carbons (Fsp3) is 0.538. The second-order valence-corrected chi connectivity index (χ2v) is 4.46. The number of amides is 1. The molecule has 1 fully saturated rings. The number of hydrogen-bond donors (Lipinski definition) is 2. The molecule has 18 heavy (non-hydrogen) atoms. The molecule has 1 aromatic heterocycles. The standard InChI is InChI=1S/C13H19N3O2/c1-2-16(10-5-3-7-14-9-10)13(18)12-11(17)6-4-8-15-12/h4,6,8,10,14,17H,2-3,5,7,9H2,1H3. The second-order valence-electron chi connectivity index (χ2n) is 4.46. The maximum Gasteiger partial charge on any atom is 0.276 e. The van der Waals surface area contributed by atoms with E-state index in [1.54, 1.807) is 11.0 Å². The first-order valence-corrected chi connectivity index (χ1v) is 6.39. The fourth-order valence-electron chi connectivity index (χ4n) is 2.36. The van der Waals surface area contributed by atoms with E-state index in [0.717, 1.165) is 25.9 Å². The SMILES string of the molecule is CCN(C(=O)c1ncccc1O)C1CCCNC1. The van der Waals surface area contributed by atoms with Crippen LogP contribution in [-0.2, 0) is 0 Å². The molecule has 0 saturated carbocycles. The summed E-state index contributed by atoms with van der Waals surface area (Å²) in [5.74, 6) is -0.242. The second kappa shape index (κ2) is 5.82. The van der Waals surface area contributed by atoms with Gasteiger partial charge in [0.25, 0.3) is 5.91 Å². The van der Waals surface area contributed by atoms with E-state index in [1.165, 1.54) is 12.3 Å². The van der Waals surface area contributed by atoms with Gasteiger partial charge in [0.1, 0.15) is 5.75 Å². The summed E-state index contributed by atoms with van der Waals surface area (Å²) in [6.07, 6.45) is 3.60. The highest BCUT2D eigenvalue weighted by atomic mass is 16.3. The third kappa shape index (κ3) is 2.61. The normalized spacial score (nSPS) is 19.5. The van der Waals surface area contributed by atoms with Crippen LogP contribution in [0.5, 0.6) is 5.75 Å². The highest BCUT2D eigenvalue weighted by molar-refractivity contribution is 5.95. The molecular formula is C13H19N3O2. The molecule has 1 aliphatic rings. The van der Waals surface area contributed by atoms with Gasteiger partial charge in [-0.2, -0.15) is 0 Å². The number of rotatable bonds is 3. The molecule has 1 amide bonds. The molecular weight excluding hydrogens is 230 g/mol. The molecule has 0 bridgehead atoms. The Morgan fingerprint density at radius 1 is 1.67 bits per heavy atom. The number of aromatic hydroxyl groups is 1. The first kappa shape index (κ1) is 12.8. The van der Waals surface area contributed by atoms with Crippen LogP contribution in [-0.4, -0.2) is 46.6 Å². The lowest BCUT2D eigenvalue weighted by atomic mass is 10.1. The van der Waals surface area contributed by atoms with Crippen molar-refractivity contribution in [3.63, 3.8) is 0 Å². The van der Waals surface area contributed by atoms with Gasteiger partial charge in [-0.1, -0.05) is 0 Å². The van der Waals surface area contributed by atoms with Gasteiger partial charge in [-0.15, -0.1) is 0 Å². The van der Waals surface area contributed by atoms with E-state index in [-0.39, 0.29) is 23.4 Å². The van der Waals surface area contributed by atoms with Crippen LogP contribution in [0.3, 0.4) is 0 Å². The fourth-order valence-corrected chi connectivity index (χ4v) is 2.36. The molecule has 1 atom stereocenters. The topological polar surface area (TPSA) is 65.5 Å². The lowest BCUT2D eigenvalue weighted by Crippen LogP contribution is -2.48. The van der Waals surface area contributed by atoms with Crippen molar-refractivity contribution in [1.29, 1.82) is 0 Å². The first-order chi connectivity index (χ1) is 8.74. The molecule has 0 radical (unpaired) electrons. The highest BCUT2D eigenvalue weighted by Gasteiger charge is 2.27. The van der Waals surface area contributed by atoms with Gasteiger partial charge in [-0.05, 0) is 38.4 Å². The van der Waals surface area contributed by atoms with Crippen molar-refractivity contribution >= 4 is 5.91 Å². The first-order valence-electron chi connectivity index (χ1n) is 6.39. The van der Waals surface area contributed by atoms with Crippen LogP contribution in [0.1, 0.15) is 30.3 Å². The summed E-state index contributed by atoms with van der Waals surface area (Å²) in [5.41, 5.74) is 0.143. The highest BCUT2D eigenvalue weighted by Crippen LogP contribution is 2.18. The Kier molecular flexibility index (Phi) is 4.15. The number of aromatic nitrogens is 1. The van der Waals surface area contributed by atoms with Crippen molar-refractivity contribution < 1.29 is 9.90 Å². The molecule has 1 unspecified atom stereocenters. The van der Waals surface area contributed by atoms with Crippen molar-refractivity contribution in [1.82, 2.24) is 15.2 Å². The van der Waals surface area contributed by atoms with E-state index in [0.29, 0.717) is 6.54 Å². The maximum absolute atomic E-state index is 12.4. The van der Waals surface area contributed by atoms with Gasteiger partial charge >= 0.3 is 0 Å². The molecule has 5 heteroatoms. The summed E-state index contributed by atoms with van der Waals surface area (Å²) in [6, 6.07) is 3.30. The third-order valence-corrected chi connectivity index (χ3v) is 3.30. The molecule has 0 spiro atoms. The zero-order chi connectivity index (χ0) is 13.0. The number of hydrogen-bond acceptors (Lipinski definition) is 4. The molecule has 2 N–H and O–H groups in total. The van der Waals surface area contributed by atoms with Crippen LogP contribution >= 0.6 is 0 Å². The van der Waals surface area contributed by atoms with Crippen LogP contribution in [0.4, 0.5) is 0 Å². The number of piperidine rings is 1. The monoisotopic (exact) mass is 249 g/mol. The Hall–Kier alpha value is -1.62. The van der Waals surface area contributed by atoms with Crippen molar-refractivity contribution in [2.24, 2.45) is 0 Å². The molecule has 5 nitrogen and oxygen atoms in total. The third-order valence-electron chi connectivity index (χ3n) is 3.30. The van der Waals surface area contributed by atoms with Gasteiger partial charge in [-0.3, -0.25) is 4.79 Å². The molecule has 1 aliphatic heterocycles. The summed E-state index contributed by atoms with van der Waals surface area (Å²) in [7, 11) is 0. The predicted molar refractivity (Wildman–Crippen MR) is 68.5 cm³/mol. The van der Waals surface area contributed by atoms with Crippen molar-refractivity contribution in [2.45, 2.75) is 25.8 Å². The predicted octanol–water partition coefficient (Wildman–Crippen LogP) is 1.00. The summed E-state index contributed by atoms with van der Waals surface area (Å²) in [6.45, 7) is 4.40. The molecule has 98 valence electrons. The van der Waals surface area contributed by atoms with Crippen LogP contribution in [0.25, 0.3) is 0 Å². The van der Waals surface area contributed by atoms with Crippen LogP contribution in [0.15, 0.2) is 18.3 Å². The Morgan fingerprint density at radius 2 is 2.50 bits per heavy atom. The van der Waals surface area contributed by atoms with Crippen LogP contribution in [0, 0.1) is 0 Å². The van der Waals surface area contributed by atoms with Crippen molar-refractivity contribution in [3.05, 3.63) is 24.0 Å². The molecule has 1 saturated heterocycles. The Balaban J connectivity index is 2.17. The number of likely N-dealkylation sites (N-methyl/N-ethyl adjacent to an activating group) is 1. The van der Waals surface area contributed by atoms with Gasteiger partial charge in [0.05, 0.1) is 0 Å². The molecule has 0 aliphatic carbocycles. The minimum Gasteiger partial charge on any atom is -0.505 e. The zero-order valence-corrected chi connectivity index (χ0v) is 10.6. The number of pyridine rings is 1. The van der Waals surface area contributed by atoms with Gasteiger partial charge in [0.2, 0.25) is 0 Å². The number of carbonyl (C=O) groups is 1. The van der Waals surface area contributed by atoms with E-state index < -0.39 is 0 Å². The molecule has 0 aromatic carbocycles. The van der Waals surface area contributed by atoms with E-state index in [9.17, 15) is 9.90 Å². The summed E-state index contributed by atoms with van der Waals surface area (Å²) in [4.78, 5) is 18.1. The minimum absolute atomic E-state index is 0.0512. The van der Waals surface area contributed by atoms with Crippen molar-refractivity contribution in [2.75, 3.05) is 19.6 Å². The van der Waals surface area contributed by atoms with E-state index in [2.05, 4.69) is 10.3 Å².